The number of carbonyl (C=O) groups excluding carboxylic acids is 1. The van der Waals surface area contributed by atoms with E-state index < -0.39 is 10.0 Å². The quantitative estimate of drug-likeness (QED) is 0.821. The smallest absolute Gasteiger partial charge is 0.244 e. The molecule has 0 aliphatic carbocycles. The molecule has 2 heterocycles. The van der Waals surface area contributed by atoms with Crippen LogP contribution in [0.2, 0.25) is 0 Å². The van der Waals surface area contributed by atoms with Crippen LogP contribution in [-0.2, 0) is 21.2 Å². The molecule has 0 saturated carbocycles. The third kappa shape index (κ3) is 4.02. The number of piperazine rings is 1. The summed E-state index contributed by atoms with van der Waals surface area (Å²) in [5.41, 5.74) is 0.607. The summed E-state index contributed by atoms with van der Waals surface area (Å²) < 4.78 is 39.6. The second kappa shape index (κ2) is 7.28. The van der Waals surface area contributed by atoms with E-state index in [9.17, 15) is 17.6 Å². The Bertz CT molecular complexity index is 850. The summed E-state index contributed by atoms with van der Waals surface area (Å²) >= 11 is 0. The molecule has 0 radical (unpaired) electrons. The van der Waals surface area contributed by atoms with Gasteiger partial charge < -0.3 is 4.90 Å². The van der Waals surface area contributed by atoms with Crippen molar-refractivity contribution in [2.75, 3.05) is 26.2 Å². The second-order valence-corrected chi connectivity index (χ2v) is 7.72. The van der Waals surface area contributed by atoms with Gasteiger partial charge in [-0.2, -0.15) is 4.31 Å². The van der Waals surface area contributed by atoms with E-state index in [4.69, 9.17) is 0 Å². The first-order chi connectivity index (χ1) is 12.0. The van der Waals surface area contributed by atoms with Gasteiger partial charge in [-0.25, -0.2) is 12.8 Å². The third-order valence-corrected chi connectivity index (χ3v) is 5.99. The van der Waals surface area contributed by atoms with E-state index in [1.807, 2.05) is 0 Å². The predicted molar refractivity (Wildman–Crippen MR) is 89.7 cm³/mol. The Hall–Kier alpha value is -2.32. The second-order valence-electron chi connectivity index (χ2n) is 5.78. The Morgan fingerprint density at radius 2 is 1.88 bits per heavy atom. The molecule has 1 aliphatic rings. The number of nitrogens with zero attached hydrogens (tertiary/aromatic N) is 3. The number of amides is 1. The lowest BCUT2D eigenvalue weighted by molar-refractivity contribution is -0.131. The Balaban J connectivity index is 1.61. The monoisotopic (exact) mass is 363 g/mol. The van der Waals surface area contributed by atoms with E-state index in [1.54, 1.807) is 23.1 Å². The van der Waals surface area contributed by atoms with E-state index in [-0.39, 0.29) is 36.1 Å². The maximum absolute atomic E-state index is 13.2. The maximum atomic E-state index is 13.2. The molecule has 25 heavy (non-hydrogen) atoms. The molecular formula is C17H18FN3O3S. The Morgan fingerprint density at radius 1 is 1.12 bits per heavy atom. The first-order valence-corrected chi connectivity index (χ1v) is 9.33. The molecule has 0 unspecified atom stereocenters. The first kappa shape index (κ1) is 17.5. The number of benzene rings is 1. The molecule has 0 spiro atoms. The van der Waals surface area contributed by atoms with Crippen LogP contribution in [0.4, 0.5) is 4.39 Å². The summed E-state index contributed by atoms with van der Waals surface area (Å²) in [4.78, 5) is 17.9. The number of carbonyl (C=O) groups is 1. The van der Waals surface area contributed by atoms with Gasteiger partial charge in [-0.05, 0) is 29.8 Å². The lowest BCUT2D eigenvalue weighted by Crippen LogP contribution is -2.50. The van der Waals surface area contributed by atoms with Gasteiger partial charge >= 0.3 is 0 Å². The van der Waals surface area contributed by atoms with Crippen molar-refractivity contribution in [2.24, 2.45) is 0 Å². The number of rotatable bonds is 4. The fourth-order valence-electron chi connectivity index (χ4n) is 2.76. The highest BCUT2D eigenvalue weighted by Gasteiger charge is 2.30. The van der Waals surface area contributed by atoms with Gasteiger partial charge in [0.1, 0.15) is 10.7 Å². The number of hydrogen-bond donors (Lipinski definition) is 0. The van der Waals surface area contributed by atoms with Gasteiger partial charge in [-0.3, -0.25) is 9.78 Å². The standard InChI is InChI=1S/C17H18FN3O3S/c18-15-4-1-3-14(11-15)12-17(22)20-7-9-21(10-8-20)25(23,24)16-5-2-6-19-13-16/h1-6,11,13H,7-10,12H2. The van der Waals surface area contributed by atoms with Crippen LogP contribution >= 0.6 is 0 Å². The summed E-state index contributed by atoms with van der Waals surface area (Å²) in [6, 6.07) is 9.01. The van der Waals surface area contributed by atoms with Gasteiger partial charge in [-0.15, -0.1) is 0 Å². The molecular weight excluding hydrogens is 345 g/mol. The summed E-state index contributed by atoms with van der Waals surface area (Å²) in [7, 11) is -3.59. The minimum Gasteiger partial charge on any atom is -0.340 e. The summed E-state index contributed by atoms with van der Waals surface area (Å²) in [6.45, 7) is 1.08. The normalized spacial score (nSPS) is 16.0. The van der Waals surface area contributed by atoms with Crippen molar-refractivity contribution in [1.82, 2.24) is 14.2 Å². The van der Waals surface area contributed by atoms with Crippen LogP contribution in [0.3, 0.4) is 0 Å². The molecule has 1 saturated heterocycles. The van der Waals surface area contributed by atoms with Gasteiger partial charge in [0, 0.05) is 38.6 Å². The Labute approximate surface area is 145 Å². The zero-order chi connectivity index (χ0) is 17.9. The lowest BCUT2D eigenvalue weighted by atomic mass is 10.1. The summed E-state index contributed by atoms with van der Waals surface area (Å²) in [5.74, 6) is -0.512. The molecule has 1 aliphatic heterocycles. The molecule has 0 N–H and O–H groups in total. The van der Waals surface area contributed by atoms with Crippen LogP contribution in [0.5, 0.6) is 0 Å². The summed E-state index contributed by atoms with van der Waals surface area (Å²) in [5, 5.41) is 0. The van der Waals surface area contributed by atoms with Crippen molar-refractivity contribution in [2.45, 2.75) is 11.3 Å². The highest BCUT2D eigenvalue weighted by atomic mass is 32.2. The average molecular weight is 363 g/mol. The third-order valence-electron chi connectivity index (χ3n) is 4.11. The van der Waals surface area contributed by atoms with E-state index >= 15 is 0 Å². The topological polar surface area (TPSA) is 70.6 Å². The molecule has 0 atom stereocenters. The zero-order valence-electron chi connectivity index (χ0n) is 13.5. The highest BCUT2D eigenvalue weighted by Crippen LogP contribution is 2.17. The summed E-state index contributed by atoms with van der Waals surface area (Å²) in [6.07, 6.45) is 2.94. The SMILES string of the molecule is O=C(Cc1cccc(F)c1)N1CCN(S(=O)(=O)c2cccnc2)CC1. The molecule has 6 nitrogen and oxygen atoms in total. The van der Waals surface area contributed by atoms with E-state index in [0.717, 1.165) is 0 Å². The fourth-order valence-corrected chi connectivity index (χ4v) is 4.15. The minimum absolute atomic E-state index is 0.104. The molecule has 8 heteroatoms. The molecule has 0 bridgehead atoms. The van der Waals surface area contributed by atoms with Crippen molar-refractivity contribution in [3.05, 3.63) is 60.2 Å². The van der Waals surface area contributed by atoms with Crippen LogP contribution in [0.15, 0.2) is 53.7 Å². The largest absolute Gasteiger partial charge is 0.340 e. The van der Waals surface area contributed by atoms with Gasteiger partial charge in [0.15, 0.2) is 0 Å². The number of halogens is 1. The number of hydrogen-bond acceptors (Lipinski definition) is 4. The van der Waals surface area contributed by atoms with Crippen molar-refractivity contribution >= 4 is 15.9 Å². The van der Waals surface area contributed by atoms with Gasteiger partial charge in [0.25, 0.3) is 0 Å². The molecule has 2 aromatic rings. The minimum atomic E-state index is -3.59. The van der Waals surface area contributed by atoms with Crippen molar-refractivity contribution in [1.29, 1.82) is 0 Å². The van der Waals surface area contributed by atoms with Gasteiger partial charge in [0.05, 0.1) is 6.42 Å². The first-order valence-electron chi connectivity index (χ1n) is 7.89. The lowest BCUT2D eigenvalue weighted by Gasteiger charge is -2.34. The van der Waals surface area contributed by atoms with Crippen LogP contribution in [0, 0.1) is 5.82 Å². The van der Waals surface area contributed by atoms with Crippen LogP contribution in [0.25, 0.3) is 0 Å². The van der Waals surface area contributed by atoms with Crippen molar-refractivity contribution in [3.63, 3.8) is 0 Å². The van der Waals surface area contributed by atoms with Crippen LogP contribution < -0.4 is 0 Å². The molecule has 1 fully saturated rings. The van der Waals surface area contributed by atoms with Crippen LogP contribution in [-0.4, -0.2) is 54.7 Å². The Morgan fingerprint density at radius 3 is 2.52 bits per heavy atom. The molecule has 1 aromatic heterocycles. The predicted octanol–water partition coefficient (Wildman–Crippen LogP) is 1.30. The average Bonchev–Trinajstić information content (AvgIpc) is 2.62. The van der Waals surface area contributed by atoms with E-state index in [1.165, 1.54) is 34.9 Å². The van der Waals surface area contributed by atoms with E-state index in [0.29, 0.717) is 18.7 Å². The molecule has 132 valence electrons. The van der Waals surface area contributed by atoms with Gasteiger partial charge in [-0.1, -0.05) is 12.1 Å². The number of pyridine rings is 1. The molecule has 1 amide bonds. The zero-order valence-corrected chi connectivity index (χ0v) is 14.3. The van der Waals surface area contributed by atoms with Gasteiger partial charge in [0.2, 0.25) is 15.9 Å². The molecule has 1 aromatic carbocycles. The fraction of sp³-hybridized carbons (Fsp3) is 0.294. The maximum Gasteiger partial charge on any atom is 0.244 e. The van der Waals surface area contributed by atoms with Crippen molar-refractivity contribution < 1.29 is 17.6 Å². The molecule has 3 rings (SSSR count). The van der Waals surface area contributed by atoms with E-state index in [2.05, 4.69) is 4.98 Å². The van der Waals surface area contributed by atoms with Crippen LogP contribution in [0.1, 0.15) is 5.56 Å². The van der Waals surface area contributed by atoms with Crippen molar-refractivity contribution in [3.8, 4) is 0 Å². The highest BCUT2D eigenvalue weighted by molar-refractivity contribution is 7.89. The Kier molecular flexibility index (Phi) is 5.10. The number of aromatic nitrogens is 1. The number of sulfonamides is 1.